The molecule has 3 aromatic carbocycles. The van der Waals surface area contributed by atoms with E-state index in [1.165, 1.54) is 50.1 Å². The molecule has 166 valence electrons. The monoisotopic (exact) mass is 470 g/mol. The molecule has 0 unspecified atom stereocenters. The highest BCUT2D eigenvalue weighted by Crippen LogP contribution is 2.58. The summed E-state index contributed by atoms with van der Waals surface area (Å²) in [6, 6.07) is 19.3. The van der Waals surface area contributed by atoms with Crippen molar-refractivity contribution in [3.8, 4) is 11.1 Å². The summed E-state index contributed by atoms with van der Waals surface area (Å²) >= 11 is 13.2. The third-order valence-electron chi connectivity index (χ3n) is 7.56. The molecule has 0 atom stereocenters. The molecule has 2 aliphatic carbocycles. The van der Waals surface area contributed by atoms with E-state index in [1.54, 1.807) is 0 Å². The molecule has 0 saturated carbocycles. The Morgan fingerprint density at radius 1 is 0.818 bits per heavy atom. The van der Waals surface area contributed by atoms with Crippen LogP contribution in [-0.2, 0) is 10.8 Å². The molecule has 5 rings (SSSR count). The van der Waals surface area contributed by atoms with Gasteiger partial charge in [-0.1, -0.05) is 100.0 Å². The van der Waals surface area contributed by atoms with Crippen molar-refractivity contribution in [1.29, 1.82) is 0 Å². The zero-order chi connectivity index (χ0) is 23.7. The van der Waals surface area contributed by atoms with Crippen molar-refractivity contribution in [2.45, 2.75) is 45.4 Å². The van der Waals surface area contributed by atoms with Crippen LogP contribution in [0, 0.1) is 0 Å². The lowest BCUT2D eigenvalue weighted by molar-refractivity contribution is 0.651. The maximum Gasteiger partial charge on any atom is 0.0502 e. The Kier molecular flexibility index (Phi) is 5.05. The van der Waals surface area contributed by atoms with Crippen LogP contribution < -0.4 is 0 Å². The fourth-order valence-electron chi connectivity index (χ4n) is 5.91. The molecular weight excluding hydrogens is 443 g/mol. The van der Waals surface area contributed by atoms with E-state index >= 15 is 0 Å². The van der Waals surface area contributed by atoms with Crippen molar-refractivity contribution in [3.05, 3.63) is 117 Å². The Labute approximate surface area is 207 Å². The zero-order valence-corrected chi connectivity index (χ0v) is 21.3. The average Bonchev–Trinajstić information content (AvgIpc) is 3.13. The normalized spacial score (nSPS) is 19.8. The molecule has 0 fully saturated rings. The second kappa shape index (κ2) is 7.49. The predicted molar refractivity (Wildman–Crippen MR) is 144 cm³/mol. The van der Waals surface area contributed by atoms with Gasteiger partial charge in [0.1, 0.15) is 0 Å². The van der Waals surface area contributed by atoms with Crippen molar-refractivity contribution >= 4 is 34.3 Å². The summed E-state index contributed by atoms with van der Waals surface area (Å²) in [4.78, 5) is 0. The molecule has 33 heavy (non-hydrogen) atoms. The highest BCUT2D eigenvalue weighted by Gasteiger charge is 2.44. The van der Waals surface area contributed by atoms with E-state index in [0.29, 0.717) is 5.02 Å². The number of hydrogen-bond donors (Lipinski definition) is 0. The fraction of sp³-hybridized carbons (Fsp3) is 0.226. The van der Waals surface area contributed by atoms with Crippen LogP contribution in [0.3, 0.4) is 0 Å². The van der Waals surface area contributed by atoms with Crippen molar-refractivity contribution in [1.82, 2.24) is 0 Å². The molecule has 0 radical (unpaired) electrons. The smallest absolute Gasteiger partial charge is 0.0502 e. The Morgan fingerprint density at radius 3 is 2.09 bits per heavy atom. The first-order chi connectivity index (χ1) is 15.6. The largest absolute Gasteiger partial charge is 0.0984 e. The van der Waals surface area contributed by atoms with Crippen molar-refractivity contribution < 1.29 is 0 Å². The number of halogens is 2. The van der Waals surface area contributed by atoms with Gasteiger partial charge in [0.25, 0.3) is 0 Å². The van der Waals surface area contributed by atoms with Gasteiger partial charge in [0.15, 0.2) is 0 Å². The van der Waals surface area contributed by atoms with Crippen LogP contribution in [0.15, 0.2) is 78.9 Å². The van der Waals surface area contributed by atoms with Gasteiger partial charge in [-0.3, -0.25) is 0 Å². The van der Waals surface area contributed by atoms with Crippen LogP contribution >= 0.6 is 23.2 Å². The predicted octanol–water partition coefficient (Wildman–Crippen LogP) is 9.63. The first-order valence-electron chi connectivity index (χ1n) is 11.4. The van der Waals surface area contributed by atoms with E-state index in [4.69, 9.17) is 23.2 Å². The number of allylic oxidation sites excluding steroid dienone is 5. The molecule has 0 nitrogen and oxygen atoms in total. The lowest BCUT2D eigenvalue weighted by atomic mass is 9.79. The summed E-state index contributed by atoms with van der Waals surface area (Å²) in [5, 5.41) is 1.40. The number of benzene rings is 3. The van der Waals surface area contributed by atoms with Gasteiger partial charge in [0, 0.05) is 21.4 Å². The molecule has 2 aliphatic rings. The minimum atomic E-state index is -0.191. The maximum atomic E-state index is 6.77. The van der Waals surface area contributed by atoms with Crippen molar-refractivity contribution in [2.24, 2.45) is 0 Å². The third-order valence-corrected chi connectivity index (χ3v) is 8.08. The van der Waals surface area contributed by atoms with Crippen LogP contribution in [0.5, 0.6) is 0 Å². The molecule has 2 heteroatoms. The summed E-state index contributed by atoms with van der Waals surface area (Å²) in [6.07, 6.45) is 4.27. The Morgan fingerprint density at radius 2 is 1.45 bits per heavy atom. The van der Waals surface area contributed by atoms with Gasteiger partial charge in [0.2, 0.25) is 0 Å². The van der Waals surface area contributed by atoms with Gasteiger partial charge in [-0.15, -0.1) is 0 Å². The van der Waals surface area contributed by atoms with Gasteiger partial charge in [-0.2, -0.15) is 0 Å². The molecule has 0 bridgehead atoms. The van der Waals surface area contributed by atoms with E-state index < -0.39 is 0 Å². The number of hydrogen-bond acceptors (Lipinski definition) is 0. The second-order valence-corrected chi connectivity index (χ2v) is 10.9. The molecular formula is C31H28Cl2. The third kappa shape index (κ3) is 3.04. The van der Waals surface area contributed by atoms with Gasteiger partial charge < -0.3 is 0 Å². The zero-order valence-electron chi connectivity index (χ0n) is 19.8. The van der Waals surface area contributed by atoms with Crippen molar-refractivity contribution in [2.75, 3.05) is 0 Å². The van der Waals surface area contributed by atoms with E-state index in [2.05, 4.69) is 95.8 Å². The lowest BCUT2D eigenvalue weighted by Gasteiger charge is -2.24. The van der Waals surface area contributed by atoms with Crippen LogP contribution in [0.2, 0.25) is 10.0 Å². The first kappa shape index (κ1) is 22.3. The minimum absolute atomic E-state index is 0.136. The quantitative estimate of drug-likeness (QED) is 0.349. The number of rotatable bonds is 2. The van der Waals surface area contributed by atoms with Gasteiger partial charge in [0.05, 0.1) is 5.02 Å². The molecule has 0 spiro atoms. The molecule has 0 aliphatic heterocycles. The summed E-state index contributed by atoms with van der Waals surface area (Å²) in [5.41, 5.74) is 12.1. The highest BCUT2D eigenvalue weighted by molar-refractivity contribution is 6.37. The maximum absolute atomic E-state index is 6.77. The van der Waals surface area contributed by atoms with Crippen LogP contribution in [0.1, 0.15) is 62.4 Å². The second-order valence-electron chi connectivity index (χ2n) is 10.1. The summed E-state index contributed by atoms with van der Waals surface area (Å²) in [6.45, 7) is 15.5. The minimum Gasteiger partial charge on any atom is -0.0984 e. The standard InChI is InChI=1S/C31H28Cl2/c1-7-20(18-12-10-9-11-13-18)28-21-16-25-22(17-24(21)30(3,4)23(28)8-2)29-26(31(25,5)6)14-19(32)15-27(29)33/h7-17H,1H2,2-6H3/b23-8+,28-20+. The molecule has 3 aromatic rings. The molecule has 0 heterocycles. The van der Waals surface area contributed by atoms with Crippen LogP contribution in [0.4, 0.5) is 0 Å². The van der Waals surface area contributed by atoms with Crippen LogP contribution in [0.25, 0.3) is 22.3 Å². The van der Waals surface area contributed by atoms with E-state index in [-0.39, 0.29) is 10.8 Å². The SMILES string of the molecule is C=C/C(=C1\C(=C/C)C(C)(C)c2cc3c(cc21)C(C)(C)c1cc(Cl)cc(Cl)c1-3)c1ccccc1. The highest BCUT2D eigenvalue weighted by atomic mass is 35.5. The van der Waals surface area contributed by atoms with Crippen molar-refractivity contribution in [3.63, 3.8) is 0 Å². The summed E-state index contributed by atoms with van der Waals surface area (Å²) < 4.78 is 0. The Balaban J connectivity index is 1.89. The topological polar surface area (TPSA) is 0 Å². The van der Waals surface area contributed by atoms with Gasteiger partial charge >= 0.3 is 0 Å². The molecule has 0 N–H and O–H groups in total. The Bertz CT molecular complexity index is 1380. The molecule has 0 aromatic heterocycles. The van der Waals surface area contributed by atoms with E-state index in [1.807, 2.05) is 12.1 Å². The Hall–Kier alpha value is -2.54. The average molecular weight is 471 g/mol. The van der Waals surface area contributed by atoms with E-state index in [9.17, 15) is 0 Å². The summed E-state index contributed by atoms with van der Waals surface area (Å²) in [7, 11) is 0. The summed E-state index contributed by atoms with van der Waals surface area (Å²) in [5.74, 6) is 0. The fourth-order valence-corrected chi connectivity index (χ4v) is 6.51. The molecule has 0 saturated heterocycles. The molecule has 0 amide bonds. The lowest BCUT2D eigenvalue weighted by Crippen LogP contribution is -2.17. The van der Waals surface area contributed by atoms with Crippen LogP contribution in [-0.4, -0.2) is 0 Å². The van der Waals surface area contributed by atoms with Gasteiger partial charge in [-0.25, -0.2) is 0 Å². The first-order valence-corrected chi connectivity index (χ1v) is 12.2. The van der Waals surface area contributed by atoms with Gasteiger partial charge in [-0.05, 0) is 81.3 Å². The van der Waals surface area contributed by atoms with E-state index in [0.717, 1.165) is 10.6 Å². The number of fused-ring (bicyclic) bond motifs is 4.